The van der Waals surface area contributed by atoms with Gasteiger partial charge in [-0.2, -0.15) is 0 Å². The molecule has 2 N–H and O–H groups in total. The quantitative estimate of drug-likeness (QED) is 0.397. The highest BCUT2D eigenvalue weighted by atomic mass is 19.1. The van der Waals surface area contributed by atoms with Crippen LogP contribution in [-0.4, -0.2) is 41.4 Å². The van der Waals surface area contributed by atoms with E-state index in [0.717, 1.165) is 0 Å². The summed E-state index contributed by atoms with van der Waals surface area (Å²) in [6.45, 7) is 2.09. The highest BCUT2D eigenvalue weighted by Crippen LogP contribution is 2.36. The molecule has 3 aromatic rings. The van der Waals surface area contributed by atoms with E-state index in [4.69, 9.17) is 14.2 Å². The number of carbonyl (C=O) groups excluding carboxylic acids is 4. The summed E-state index contributed by atoms with van der Waals surface area (Å²) in [5.74, 6) is -0.537. The van der Waals surface area contributed by atoms with Crippen molar-refractivity contribution < 1.29 is 37.8 Å². The number of nitrogens with one attached hydrogen (secondary N) is 2. The second kappa shape index (κ2) is 11.4. The van der Waals surface area contributed by atoms with Crippen LogP contribution in [0.1, 0.15) is 41.3 Å². The summed E-state index contributed by atoms with van der Waals surface area (Å²) in [4.78, 5) is 51.2. The van der Waals surface area contributed by atoms with Gasteiger partial charge < -0.3 is 19.1 Å². The third kappa shape index (κ3) is 5.73. The molecule has 0 spiro atoms. The lowest BCUT2D eigenvalue weighted by Crippen LogP contribution is -2.52. The Morgan fingerprint density at radius 3 is 2.60 bits per heavy atom. The van der Waals surface area contributed by atoms with Gasteiger partial charge in [0.1, 0.15) is 35.7 Å². The maximum atomic E-state index is 13.4. The summed E-state index contributed by atoms with van der Waals surface area (Å²) < 4.78 is 30.1. The second-order valence-corrected chi connectivity index (χ2v) is 9.21. The van der Waals surface area contributed by atoms with Gasteiger partial charge in [-0.05, 0) is 55.3 Å². The van der Waals surface area contributed by atoms with Crippen molar-refractivity contribution in [3.8, 4) is 17.2 Å². The molecule has 10 nitrogen and oxygen atoms in total. The fourth-order valence-corrected chi connectivity index (χ4v) is 4.66. The minimum absolute atomic E-state index is 0.159. The topological polar surface area (TPSA) is 123 Å². The monoisotopic (exact) mass is 547 g/mol. The van der Waals surface area contributed by atoms with E-state index in [1.165, 1.54) is 17.0 Å². The molecule has 2 aliphatic heterocycles. The van der Waals surface area contributed by atoms with Crippen LogP contribution in [0, 0.1) is 5.82 Å². The van der Waals surface area contributed by atoms with Crippen LogP contribution in [0.15, 0.2) is 60.7 Å². The summed E-state index contributed by atoms with van der Waals surface area (Å²) in [5.41, 5.74) is 1.95. The van der Waals surface area contributed by atoms with E-state index in [2.05, 4.69) is 10.6 Å². The number of rotatable bonds is 8. The number of ether oxygens (including phenoxy) is 3. The minimum Gasteiger partial charge on any atom is -0.493 e. The summed E-state index contributed by atoms with van der Waals surface area (Å²) in [7, 11) is 0. The number of carbonyl (C=O) groups is 4. The molecule has 5 rings (SSSR count). The Kier molecular flexibility index (Phi) is 7.63. The standard InChI is InChI=1S/C29H26FN3O7/c1-2-38-26-18(7-6-17-15-33(28(36)25(17)26)23-12-13-24(34)32-27(23)35)16-39-29(37)31-20-8-10-21(11-9-20)40-22-5-3-4-19(30)14-22/h3-11,14,23H,2,12-13,15-16H2,1H3,(H,31,37)(H,32,34,35). The highest BCUT2D eigenvalue weighted by molar-refractivity contribution is 6.06. The van der Waals surface area contributed by atoms with E-state index in [1.54, 1.807) is 55.5 Å². The predicted octanol–water partition coefficient (Wildman–Crippen LogP) is 4.53. The van der Waals surface area contributed by atoms with Gasteiger partial charge >= 0.3 is 6.09 Å². The maximum Gasteiger partial charge on any atom is 0.411 e. The van der Waals surface area contributed by atoms with Crippen molar-refractivity contribution in [2.45, 2.75) is 39.0 Å². The number of piperidine rings is 1. The first kappa shape index (κ1) is 26.7. The number of imide groups is 1. The molecule has 1 atom stereocenters. The van der Waals surface area contributed by atoms with Gasteiger partial charge in [0.05, 0.1) is 12.2 Å². The van der Waals surface area contributed by atoms with Crippen LogP contribution in [0.5, 0.6) is 17.2 Å². The van der Waals surface area contributed by atoms with Crippen LogP contribution in [0.3, 0.4) is 0 Å². The molecule has 2 aliphatic rings. The number of hydrogen-bond acceptors (Lipinski definition) is 7. The first-order valence-corrected chi connectivity index (χ1v) is 12.7. The largest absolute Gasteiger partial charge is 0.493 e. The van der Waals surface area contributed by atoms with Crippen molar-refractivity contribution in [2.24, 2.45) is 0 Å². The Bertz CT molecular complexity index is 1470. The number of anilines is 1. The fourth-order valence-electron chi connectivity index (χ4n) is 4.66. The third-order valence-corrected chi connectivity index (χ3v) is 6.51. The Hall–Kier alpha value is -4.93. The molecule has 11 heteroatoms. The summed E-state index contributed by atoms with van der Waals surface area (Å²) >= 11 is 0. The molecule has 1 unspecified atom stereocenters. The molecular weight excluding hydrogens is 521 g/mol. The van der Waals surface area contributed by atoms with Gasteiger partial charge in [0.15, 0.2) is 0 Å². The van der Waals surface area contributed by atoms with Crippen LogP contribution >= 0.6 is 0 Å². The first-order chi connectivity index (χ1) is 19.3. The molecule has 0 aliphatic carbocycles. The summed E-state index contributed by atoms with van der Waals surface area (Å²) in [6, 6.07) is 14.9. The normalized spacial score (nSPS) is 16.3. The van der Waals surface area contributed by atoms with Crippen LogP contribution in [-0.2, 0) is 27.5 Å². The van der Waals surface area contributed by atoms with Crippen molar-refractivity contribution in [1.82, 2.24) is 10.2 Å². The van der Waals surface area contributed by atoms with E-state index < -0.39 is 23.9 Å². The van der Waals surface area contributed by atoms with Crippen molar-refractivity contribution in [2.75, 3.05) is 11.9 Å². The SMILES string of the molecule is CCOc1c(COC(=O)Nc2ccc(Oc3cccc(F)c3)cc2)ccc2c1C(=O)N(C1CCC(=O)NC1=O)C2. The van der Waals surface area contributed by atoms with Crippen molar-refractivity contribution in [3.05, 3.63) is 83.2 Å². The smallest absolute Gasteiger partial charge is 0.411 e. The molecule has 0 bridgehead atoms. The maximum absolute atomic E-state index is 13.4. The second-order valence-electron chi connectivity index (χ2n) is 9.21. The van der Waals surface area contributed by atoms with E-state index in [-0.39, 0.29) is 44.4 Å². The number of halogens is 1. The van der Waals surface area contributed by atoms with Gasteiger partial charge in [0.25, 0.3) is 5.91 Å². The molecular formula is C29H26FN3O7. The van der Waals surface area contributed by atoms with Crippen molar-refractivity contribution >= 4 is 29.5 Å². The summed E-state index contributed by atoms with van der Waals surface area (Å²) in [5, 5.41) is 4.90. The van der Waals surface area contributed by atoms with Gasteiger partial charge in [0.2, 0.25) is 11.8 Å². The van der Waals surface area contributed by atoms with E-state index in [9.17, 15) is 23.6 Å². The molecule has 4 amide bonds. The number of hydrogen-bond donors (Lipinski definition) is 2. The molecule has 3 aromatic carbocycles. The lowest BCUT2D eigenvalue weighted by Gasteiger charge is -2.29. The number of nitrogens with zero attached hydrogens (tertiary/aromatic N) is 1. The van der Waals surface area contributed by atoms with Gasteiger partial charge in [-0.1, -0.05) is 18.2 Å². The van der Waals surface area contributed by atoms with Crippen LogP contribution in [0.25, 0.3) is 0 Å². The van der Waals surface area contributed by atoms with Crippen LogP contribution < -0.4 is 20.1 Å². The number of fused-ring (bicyclic) bond motifs is 1. The number of amides is 4. The third-order valence-electron chi connectivity index (χ3n) is 6.51. The molecule has 0 aromatic heterocycles. The zero-order valence-corrected chi connectivity index (χ0v) is 21.6. The molecule has 2 heterocycles. The Balaban J connectivity index is 1.23. The van der Waals surface area contributed by atoms with Crippen molar-refractivity contribution in [1.29, 1.82) is 0 Å². The number of benzene rings is 3. The van der Waals surface area contributed by atoms with Gasteiger partial charge in [-0.25, -0.2) is 9.18 Å². The average molecular weight is 548 g/mol. The van der Waals surface area contributed by atoms with E-state index in [1.807, 2.05) is 0 Å². The highest BCUT2D eigenvalue weighted by Gasteiger charge is 2.41. The Morgan fingerprint density at radius 1 is 1.07 bits per heavy atom. The minimum atomic E-state index is -0.747. The van der Waals surface area contributed by atoms with Crippen LogP contribution in [0.2, 0.25) is 0 Å². The first-order valence-electron chi connectivity index (χ1n) is 12.7. The molecule has 0 radical (unpaired) electrons. The molecule has 206 valence electrons. The van der Waals surface area contributed by atoms with Crippen LogP contribution in [0.4, 0.5) is 14.9 Å². The van der Waals surface area contributed by atoms with E-state index in [0.29, 0.717) is 39.6 Å². The zero-order valence-electron chi connectivity index (χ0n) is 21.6. The Morgan fingerprint density at radius 2 is 1.88 bits per heavy atom. The van der Waals surface area contributed by atoms with Gasteiger partial charge in [-0.3, -0.25) is 25.0 Å². The lowest BCUT2D eigenvalue weighted by atomic mass is 10.0. The van der Waals surface area contributed by atoms with Crippen molar-refractivity contribution in [3.63, 3.8) is 0 Å². The van der Waals surface area contributed by atoms with Gasteiger partial charge in [-0.15, -0.1) is 0 Å². The zero-order chi connectivity index (χ0) is 28.2. The predicted molar refractivity (Wildman–Crippen MR) is 140 cm³/mol. The molecule has 1 saturated heterocycles. The Labute approximate surface area is 229 Å². The molecule has 1 fully saturated rings. The molecule has 40 heavy (non-hydrogen) atoms. The molecule has 0 saturated carbocycles. The fraction of sp³-hybridized carbons (Fsp3) is 0.241. The van der Waals surface area contributed by atoms with Gasteiger partial charge in [0, 0.05) is 30.3 Å². The lowest BCUT2D eigenvalue weighted by molar-refractivity contribution is -0.136. The average Bonchev–Trinajstić information content (AvgIpc) is 3.25. The summed E-state index contributed by atoms with van der Waals surface area (Å²) in [6.07, 6.45) is -0.313. The van der Waals surface area contributed by atoms with E-state index >= 15 is 0 Å².